The molecular formula is C13H13BrClNO2. The van der Waals surface area contributed by atoms with E-state index in [4.69, 9.17) is 21.8 Å². The monoisotopic (exact) mass is 329 g/mol. The van der Waals surface area contributed by atoms with Crippen molar-refractivity contribution in [2.75, 3.05) is 6.54 Å². The number of aliphatic hydroxyl groups excluding tert-OH is 1. The Morgan fingerprint density at radius 3 is 2.56 bits per heavy atom. The van der Waals surface area contributed by atoms with E-state index in [0.717, 1.165) is 5.56 Å². The van der Waals surface area contributed by atoms with Crippen LogP contribution in [0.3, 0.4) is 0 Å². The van der Waals surface area contributed by atoms with E-state index in [-0.39, 0.29) is 5.92 Å². The maximum absolute atomic E-state index is 10.4. The Kier molecular flexibility index (Phi) is 4.45. The molecule has 0 saturated heterocycles. The van der Waals surface area contributed by atoms with Crippen molar-refractivity contribution in [3.63, 3.8) is 0 Å². The van der Waals surface area contributed by atoms with Gasteiger partial charge in [-0.25, -0.2) is 0 Å². The molecule has 0 amide bonds. The lowest BCUT2D eigenvalue weighted by Gasteiger charge is -2.22. The first-order valence-electron chi connectivity index (χ1n) is 5.50. The summed E-state index contributed by atoms with van der Waals surface area (Å²) in [6.07, 6.45) is 0.756. The zero-order chi connectivity index (χ0) is 13.1. The summed E-state index contributed by atoms with van der Waals surface area (Å²) in [6.45, 7) is 0.294. The normalized spacial score (nSPS) is 14.4. The first kappa shape index (κ1) is 13.6. The lowest BCUT2D eigenvalue weighted by atomic mass is 9.90. The molecule has 1 aromatic heterocycles. The molecule has 2 aromatic rings. The second kappa shape index (κ2) is 5.89. The molecule has 3 nitrogen and oxygen atoms in total. The van der Waals surface area contributed by atoms with Crippen molar-refractivity contribution in [1.29, 1.82) is 0 Å². The molecule has 2 unspecified atom stereocenters. The predicted molar refractivity (Wildman–Crippen MR) is 74.6 cm³/mol. The second-order valence-electron chi connectivity index (χ2n) is 3.96. The Bertz CT molecular complexity index is 529. The van der Waals surface area contributed by atoms with Gasteiger partial charge < -0.3 is 15.3 Å². The van der Waals surface area contributed by atoms with E-state index in [1.54, 1.807) is 12.1 Å². The van der Waals surface area contributed by atoms with Crippen LogP contribution >= 0.6 is 27.5 Å². The molecule has 0 spiro atoms. The molecular weight excluding hydrogens is 318 g/mol. The van der Waals surface area contributed by atoms with Gasteiger partial charge in [0.1, 0.15) is 0 Å². The van der Waals surface area contributed by atoms with E-state index in [0.29, 0.717) is 21.8 Å². The molecule has 0 saturated carbocycles. The molecule has 0 aliphatic heterocycles. The molecule has 96 valence electrons. The Balaban J connectivity index is 2.35. The Hall–Kier alpha value is -0.810. The van der Waals surface area contributed by atoms with E-state index in [9.17, 15) is 5.11 Å². The number of furan rings is 1. The van der Waals surface area contributed by atoms with Crippen molar-refractivity contribution >= 4 is 27.5 Å². The number of halogens is 2. The Morgan fingerprint density at radius 1 is 1.28 bits per heavy atom. The molecule has 0 fully saturated rings. The first-order valence-corrected chi connectivity index (χ1v) is 6.67. The second-order valence-corrected chi connectivity index (χ2v) is 5.09. The number of hydrogen-bond donors (Lipinski definition) is 2. The topological polar surface area (TPSA) is 59.4 Å². The average Bonchev–Trinajstić information content (AvgIpc) is 2.78. The lowest BCUT2D eigenvalue weighted by Crippen LogP contribution is -2.20. The first-order chi connectivity index (χ1) is 8.65. The molecule has 0 aliphatic rings. The van der Waals surface area contributed by atoms with Gasteiger partial charge in [-0.15, -0.1) is 0 Å². The van der Waals surface area contributed by atoms with Gasteiger partial charge in [-0.1, -0.05) is 29.8 Å². The zero-order valence-corrected chi connectivity index (χ0v) is 11.9. The summed E-state index contributed by atoms with van der Waals surface area (Å²) >= 11 is 9.40. The summed E-state index contributed by atoms with van der Waals surface area (Å²) in [4.78, 5) is 0. The van der Waals surface area contributed by atoms with Gasteiger partial charge in [-0.3, -0.25) is 0 Å². The standard InChI is InChI=1S/C13H13BrClNO2/c14-13-9(5-6-18-13)12(17)10(7-16)8-3-1-2-4-11(8)15/h1-6,10,12,17H,7,16H2. The summed E-state index contributed by atoms with van der Waals surface area (Å²) in [5.41, 5.74) is 7.27. The lowest BCUT2D eigenvalue weighted by molar-refractivity contribution is 0.145. The van der Waals surface area contributed by atoms with E-state index in [2.05, 4.69) is 15.9 Å². The van der Waals surface area contributed by atoms with Crippen LogP contribution in [-0.4, -0.2) is 11.7 Å². The summed E-state index contributed by atoms with van der Waals surface area (Å²) in [5.74, 6) is -0.271. The van der Waals surface area contributed by atoms with Gasteiger partial charge in [-0.2, -0.15) is 0 Å². The molecule has 3 N–H and O–H groups in total. The van der Waals surface area contributed by atoms with Gasteiger partial charge in [0, 0.05) is 23.0 Å². The smallest absolute Gasteiger partial charge is 0.174 e. The molecule has 0 aliphatic carbocycles. The van der Waals surface area contributed by atoms with Gasteiger partial charge in [-0.05, 0) is 33.6 Å². The van der Waals surface area contributed by atoms with Crippen LogP contribution in [0, 0.1) is 0 Å². The minimum absolute atomic E-state index is 0.271. The summed E-state index contributed by atoms with van der Waals surface area (Å²) < 4.78 is 5.64. The van der Waals surface area contributed by atoms with E-state index >= 15 is 0 Å². The predicted octanol–water partition coefficient (Wildman–Crippen LogP) is 3.47. The fourth-order valence-corrected chi connectivity index (χ4v) is 2.68. The number of benzene rings is 1. The van der Waals surface area contributed by atoms with Crippen molar-refractivity contribution in [1.82, 2.24) is 0 Å². The number of hydrogen-bond acceptors (Lipinski definition) is 3. The fraction of sp³-hybridized carbons (Fsp3) is 0.231. The molecule has 1 heterocycles. The van der Waals surface area contributed by atoms with Gasteiger partial charge in [0.05, 0.1) is 12.4 Å². The highest BCUT2D eigenvalue weighted by Gasteiger charge is 2.26. The van der Waals surface area contributed by atoms with Crippen LogP contribution in [-0.2, 0) is 0 Å². The molecule has 5 heteroatoms. The van der Waals surface area contributed by atoms with Gasteiger partial charge in [0.25, 0.3) is 0 Å². The zero-order valence-electron chi connectivity index (χ0n) is 9.51. The maximum atomic E-state index is 10.4. The fourth-order valence-electron chi connectivity index (χ4n) is 1.93. The summed E-state index contributed by atoms with van der Waals surface area (Å²) in [5, 5.41) is 11.0. The Morgan fingerprint density at radius 2 is 2.00 bits per heavy atom. The van der Waals surface area contributed by atoms with Gasteiger partial charge >= 0.3 is 0 Å². The maximum Gasteiger partial charge on any atom is 0.174 e. The minimum Gasteiger partial charge on any atom is -0.457 e. The van der Waals surface area contributed by atoms with Crippen LogP contribution in [0.1, 0.15) is 23.1 Å². The third kappa shape index (κ3) is 2.62. The van der Waals surface area contributed by atoms with Gasteiger partial charge in [0.15, 0.2) is 4.67 Å². The molecule has 18 heavy (non-hydrogen) atoms. The number of rotatable bonds is 4. The Labute approximate surface area is 119 Å². The quantitative estimate of drug-likeness (QED) is 0.902. The van der Waals surface area contributed by atoms with Gasteiger partial charge in [0.2, 0.25) is 0 Å². The van der Waals surface area contributed by atoms with E-state index in [1.807, 2.05) is 18.2 Å². The van der Waals surface area contributed by atoms with Crippen LogP contribution in [0.5, 0.6) is 0 Å². The van der Waals surface area contributed by atoms with Crippen LogP contribution in [0.2, 0.25) is 5.02 Å². The minimum atomic E-state index is -0.761. The van der Waals surface area contributed by atoms with Crippen molar-refractivity contribution in [3.05, 3.63) is 57.4 Å². The number of aliphatic hydroxyl groups is 1. The SMILES string of the molecule is NCC(c1ccccc1Cl)C(O)c1ccoc1Br. The summed E-state index contributed by atoms with van der Waals surface area (Å²) in [7, 11) is 0. The molecule has 2 atom stereocenters. The van der Waals surface area contributed by atoms with Crippen molar-refractivity contribution in [2.24, 2.45) is 5.73 Å². The third-order valence-electron chi connectivity index (χ3n) is 2.90. The molecule has 0 bridgehead atoms. The molecule has 2 rings (SSSR count). The largest absolute Gasteiger partial charge is 0.457 e. The van der Waals surface area contributed by atoms with Crippen molar-refractivity contribution in [2.45, 2.75) is 12.0 Å². The highest BCUT2D eigenvalue weighted by atomic mass is 79.9. The number of nitrogens with two attached hydrogens (primary N) is 1. The van der Waals surface area contributed by atoms with Crippen LogP contribution in [0.25, 0.3) is 0 Å². The average molecular weight is 331 g/mol. The van der Waals surface area contributed by atoms with E-state index in [1.165, 1.54) is 6.26 Å². The molecule has 1 aromatic carbocycles. The highest BCUT2D eigenvalue weighted by molar-refractivity contribution is 9.10. The van der Waals surface area contributed by atoms with Crippen LogP contribution in [0.15, 0.2) is 45.7 Å². The third-order valence-corrected chi connectivity index (χ3v) is 3.89. The van der Waals surface area contributed by atoms with Crippen LogP contribution < -0.4 is 5.73 Å². The van der Waals surface area contributed by atoms with Crippen LogP contribution in [0.4, 0.5) is 0 Å². The molecule has 0 radical (unpaired) electrons. The van der Waals surface area contributed by atoms with Crippen molar-refractivity contribution in [3.8, 4) is 0 Å². The summed E-state index contributed by atoms with van der Waals surface area (Å²) in [6, 6.07) is 9.10. The highest BCUT2D eigenvalue weighted by Crippen LogP contribution is 2.37. The van der Waals surface area contributed by atoms with Crippen molar-refractivity contribution < 1.29 is 9.52 Å². The van der Waals surface area contributed by atoms with E-state index < -0.39 is 6.10 Å².